The SMILES string of the molecule is Nn1c2ccccc2c2c1c1ccccc1c1c3ccccc3n(N)c12. The lowest BCUT2D eigenvalue weighted by Crippen LogP contribution is -2.08. The van der Waals surface area contributed by atoms with Crippen LogP contribution in [0.4, 0.5) is 0 Å². The second-order valence-electron chi connectivity index (χ2n) is 6.77. The molecule has 0 spiro atoms. The van der Waals surface area contributed by atoms with E-state index in [1.807, 2.05) is 22.9 Å². The van der Waals surface area contributed by atoms with Gasteiger partial charge in [-0.1, -0.05) is 60.7 Å². The monoisotopic (exact) mass is 336 g/mol. The van der Waals surface area contributed by atoms with E-state index in [1.54, 1.807) is 4.68 Å². The molecule has 0 amide bonds. The summed E-state index contributed by atoms with van der Waals surface area (Å²) < 4.78 is 3.61. The Morgan fingerprint density at radius 2 is 0.923 bits per heavy atom. The van der Waals surface area contributed by atoms with Crippen LogP contribution in [0.2, 0.25) is 0 Å². The molecule has 0 aliphatic carbocycles. The van der Waals surface area contributed by atoms with Crippen molar-refractivity contribution in [2.75, 3.05) is 11.7 Å². The maximum absolute atomic E-state index is 6.60. The fourth-order valence-electron chi connectivity index (χ4n) is 4.46. The molecule has 4 heteroatoms. The van der Waals surface area contributed by atoms with E-state index in [2.05, 4.69) is 54.6 Å². The average Bonchev–Trinajstić information content (AvgIpc) is 3.16. The highest BCUT2D eigenvalue weighted by Gasteiger charge is 2.21. The van der Waals surface area contributed by atoms with E-state index in [4.69, 9.17) is 11.7 Å². The zero-order valence-electron chi connectivity index (χ0n) is 14.0. The molecule has 6 aromatic rings. The van der Waals surface area contributed by atoms with Gasteiger partial charge < -0.3 is 11.7 Å². The van der Waals surface area contributed by atoms with Gasteiger partial charge in [0.1, 0.15) is 0 Å². The van der Waals surface area contributed by atoms with Crippen LogP contribution in [0.1, 0.15) is 0 Å². The van der Waals surface area contributed by atoms with Gasteiger partial charge in [0.05, 0.1) is 22.1 Å². The van der Waals surface area contributed by atoms with Gasteiger partial charge in [0.15, 0.2) is 0 Å². The molecule has 26 heavy (non-hydrogen) atoms. The summed E-state index contributed by atoms with van der Waals surface area (Å²) in [5.74, 6) is 13.1. The maximum atomic E-state index is 6.60. The van der Waals surface area contributed by atoms with Gasteiger partial charge >= 0.3 is 0 Å². The van der Waals surface area contributed by atoms with Crippen LogP contribution < -0.4 is 11.7 Å². The Kier molecular flexibility index (Phi) is 2.35. The second kappa shape index (κ2) is 4.49. The third kappa shape index (κ3) is 1.41. The first kappa shape index (κ1) is 13.6. The summed E-state index contributed by atoms with van der Waals surface area (Å²) >= 11 is 0. The largest absolute Gasteiger partial charge is 0.339 e. The Morgan fingerprint density at radius 3 is 1.58 bits per heavy atom. The van der Waals surface area contributed by atoms with Gasteiger partial charge in [0.25, 0.3) is 0 Å². The Bertz CT molecular complexity index is 1500. The summed E-state index contributed by atoms with van der Waals surface area (Å²) in [5.41, 5.74) is 4.07. The number of rotatable bonds is 0. The molecular weight excluding hydrogens is 320 g/mol. The van der Waals surface area contributed by atoms with Gasteiger partial charge in [-0.05, 0) is 17.5 Å². The quantitative estimate of drug-likeness (QED) is 0.402. The molecule has 0 saturated carbocycles. The lowest BCUT2D eigenvalue weighted by Gasteiger charge is -2.07. The summed E-state index contributed by atoms with van der Waals surface area (Å²) in [4.78, 5) is 0. The first-order valence-electron chi connectivity index (χ1n) is 8.64. The predicted molar refractivity (Wildman–Crippen MR) is 110 cm³/mol. The second-order valence-corrected chi connectivity index (χ2v) is 6.77. The smallest absolute Gasteiger partial charge is 0.0810 e. The standard InChI is InChI=1S/C22H16N4/c23-25-18-12-6-4-10-16(18)20-21(25)14-8-2-1-7-13(14)19-15-9-3-5-11-17(15)26(24)22(19)20/h1-12H,23-24H2. The molecule has 4 nitrogen and oxygen atoms in total. The molecule has 124 valence electrons. The molecule has 0 saturated heterocycles. The number of benzene rings is 4. The zero-order valence-corrected chi connectivity index (χ0v) is 14.0. The number of para-hydroxylation sites is 2. The van der Waals surface area contributed by atoms with Gasteiger partial charge in [-0.15, -0.1) is 0 Å². The molecule has 0 fully saturated rings. The van der Waals surface area contributed by atoms with E-state index < -0.39 is 0 Å². The van der Waals surface area contributed by atoms with Crippen LogP contribution in [0.5, 0.6) is 0 Å². The highest BCUT2D eigenvalue weighted by atomic mass is 15.3. The van der Waals surface area contributed by atoms with E-state index in [-0.39, 0.29) is 0 Å². The first-order chi connectivity index (χ1) is 12.8. The van der Waals surface area contributed by atoms with Gasteiger partial charge in [-0.2, -0.15) is 0 Å². The number of hydrogen-bond acceptors (Lipinski definition) is 2. The van der Waals surface area contributed by atoms with E-state index >= 15 is 0 Å². The summed E-state index contributed by atoms with van der Waals surface area (Å²) in [7, 11) is 0. The number of fused-ring (bicyclic) bond motifs is 10. The van der Waals surface area contributed by atoms with Crippen LogP contribution >= 0.6 is 0 Å². The normalized spacial score (nSPS) is 12.2. The van der Waals surface area contributed by atoms with Crippen molar-refractivity contribution in [3.63, 3.8) is 0 Å². The molecule has 4 N–H and O–H groups in total. The fourth-order valence-corrected chi connectivity index (χ4v) is 4.46. The third-order valence-corrected chi connectivity index (χ3v) is 5.51. The van der Waals surface area contributed by atoms with Crippen molar-refractivity contribution < 1.29 is 0 Å². The molecule has 6 rings (SSSR count). The van der Waals surface area contributed by atoms with Crippen LogP contribution in [0.15, 0.2) is 72.8 Å². The lowest BCUT2D eigenvalue weighted by atomic mass is 9.99. The van der Waals surface area contributed by atoms with Gasteiger partial charge in [-0.3, -0.25) is 9.35 Å². The van der Waals surface area contributed by atoms with Crippen molar-refractivity contribution in [2.24, 2.45) is 0 Å². The molecule has 0 aliphatic heterocycles. The topological polar surface area (TPSA) is 61.9 Å². The van der Waals surface area contributed by atoms with Crippen molar-refractivity contribution in [1.82, 2.24) is 9.35 Å². The summed E-state index contributed by atoms with van der Waals surface area (Å²) in [5, 5.41) is 6.89. The Balaban J connectivity index is 2.13. The molecule has 2 heterocycles. The minimum Gasteiger partial charge on any atom is -0.339 e. The molecular formula is C22H16N4. The van der Waals surface area contributed by atoms with Crippen LogP contribution in [0.25, 0.3) is 54.4 Å². The average molecular weight is 336 g/mol. The molecule has 0 radical (unpaired) electrons. The minimum absolute atomic E-state index is 1.01. The Labute approximate surface area is 148 Å². The van der Waals surface area contributed by atoms with Crippen LogP contribution in [-0.4, -0.2) is 9.35 Å². The molecule has 0 bridgehead atoms. The molecule has 0 unspecified atom stereocenters. The van der Waals surface area contributed by atoms with Gasteiger partial charge in [-0.25, -0.2) is 0 Å². The van der Waals surface area contributed by atoms with Gasteiger partial charge in [0, 0.05) is 26.9 Å². The lowest BCUT2D eigenvalue weighted by molar-refractivity contribution is 1.12. The predicted octanol–water partition coefficient (Wildman–Crippen LogP) is 4.48. The molecule has 4 aromatic carbocycles. The zero-order chi connectivity index (χ0) is 17.4. The Morgan fingerprint density at radius 1 is 0.462 bits per heavy atom. The van der Waals surface area contributed by atoms with E-state index in [9.17, 15) is 0 Å². The van der Waals surface area contributed by atoms with Crippen molar-refractivity contribution in [3.8, 4) is 0 Å². The van der Waals surface area contributed by atoms with E-state index in [0.717, 1.165) is 43.6 Å². The third-order valence-electron chi connectivity index (χ3n) is 5.51. The molecule has 2 aromatic heterocycles. The van der Waals surface area contributed by atoms with Crippen molar-refractivity contribution in [3.05, 3.63) is 72.8 Å². The van der Waals surface area contributed by atoms with Gasteiger partial charge in [0.2, 0.25) is 0 Å². The first-order valence-corrected chi connectivity index (χ1v) is 8.64. The number of nitrogens with zero attached hydrogens (tertiary/aromatic N) is 2. The summed E-state index contributed by atoms with van der Waals surface area (Å²) in [6.45, 7) is 0. The Hall–Kier alpha value is -3.66. The number of aromatic nitrogens is 2. The van der Waals surface area contributed by atoms with Crippen molar-refractivity contribution >= 4 is 54.4 Å². The fraction of sp³-hybridized carbons (Fsp3) is 0. The van der Waals surface area contributed by atoms with E-state index in [0.29, 0.717) is 0 Å². The minimum atomic E-state index is 1.01. The maximum Gasteiger partial charge on any atom is 0.0810 e. The van der Waals surface area contributed by atoms with Crippen LogP contribution in [-0.2, 0) is 0 Å². The van der Waals surface area contributed by atoms with Crippen LogP contribution in [0, 0.1) is 0 Å². The van der Waals surface area contributed by atoms with Crippen LogP contribution in [0.3, 0.4) is 0 Å². The van der Waals surface area contributed by atoms with E-state index in [1.165, 1.54) is 10.8 Å². The molecule has 0 atom stereocenters. The number of hydrogen-bond donors (Lipinski definition) is 2. The van der Waals surface area contributed by atoms with Crippen molar-refractivity contribution in [2.45, 2.75) is 0 Å². The van der Waals surface area contributed by atoms with Crippen molar-refractivity contribution in [1.29, 1.82) is 0 Å². The highest BCUT2D eigenvalue weighted by molar-refractivity contribution is 6.36. The summed E-state index contributed by atoms with van der Waals surface area (Å²) in [6, 6.07) is 25.0. The summed E-state index contributed by atoms with van der Waals surface area (Å²) in [6.07, 6.45) is 0. The number of nitrogen functional groups attached to an aromatic ring is 2. The molecule has 0 aliphatic rings. The number of nitrogens with two attached hydrogens (primary N) is 2. The highest BCUT2D eigenvalue weighted by Crippen LogP contribution is 2.43.